The fourth-order valence-electron chi connectivity index (χ4n) is 2.01. The monoisotopic (exact) mass is 249 g/mol. The average Bonchev–Trinajstić information content (AvgIpc) is 2.93. The first-order valence-corrected chi connectivity index (χ1v) is 5.42. The number of ketones is 1. The number of aliphatic hydroxyl groups excluding tert-OH is 1. The zero-order chi connectivity index (χ0) is 12.7. The first-order chi connectivity index (χ1) is 8.70. The van der Waals surface area contributed by atoms with Crippen molar-refractivity contribution in [1.82, 2.24) is 19.5 Å². The Hall–Kier alpha value is -2.06. The number of Topliss-reactive ketones (excluding diaryl/α,β-unsaturated/α-hetero) is 1. The van der Waals surface area contributed by atoms with Crippen LogP contribution < -0.4 is 5.73 Å². The molecule has 2 aromatic rings. The number of aliphatic hydroxyl groups is 1. The Kier molecular flexibility index (Phi) is 2.46. The van der Waals surface area contributed by atoms with E-state index in [-0.39, 0.29) is 24.6 Å². The minimum absolute atomic E-state index is 0.133. The van der Waals surface area contributed by atoms with Gasteiger partial charge >= 0.3 is 0 Å². The highest BCUT2D eigenvalue weighted by molar-refractivity contribution is 5.86. The Labute approximate surface area is 101 Å². The number of hydrogen-bond donors (Lipinski definition) is 2. The molecule has 3 rings (SSSR count). The normalized spacial score (nSPS) is 23.9. The van der Waals surface area contributed by atoms with Gasteiger partial charge in [-0.05, 0) is 0 Å². The minimum Gasteiger partial charge on any atom is -0.393 e. The van der Waals surface area contributed by atoms with E-state index in [1.54, 1.807) is 4.57 Å². The van der Waals surface area contributed by atoms with Crippen LogP contribution in [0.15, 0.2) is 12.7 Å². The van der Waals surface area contributed by atoms with Crippen LogP contribution >= 0.6 is 0 Å². The summed E-state index contributed by atoms with van der Waals surface area (Å²) in [5, 5.41) is 8.99. The molecule has 0 unspecified atom stereocenters. The Morgan fingerprint density at radius 1 is 1.50 bits per heavy atom. The molecule has 0 radical (unpaired) electrons. The van der Waals surface area contributed by atoms with Crippen molar-refractivity contribution < 1.29 is 14.6 Å². The van der Waals surface area contributed by atoms with Crippen molar-refractivity contribution in [2.24, 2.45) is 0 Å². The molecule has 0 saturated carbocycles. The van der Waals surface area contributed by atoms with E-state index < -0.39 is 12.3 Å². The second-order valence-electron chi connectivity index (χ2n) is 4.02. The lowest BCUT2D eigenvalue weighted by molar-refractivity contribution is -0.124. The Morgan fingerprint density at radius 3 is 3.06 bits per heavy atom. The van der Waals surface area contributed by atoms with Crippen LogP contribution in [0.3, 0.4) is 0 Å². The quantitative estimate of drug-likeness (QED) is 0.719. The van der Waals surface area contributed by atoms with E-state index in [1.165, 1.54) is 12.7 Å². The van der Waals surface area contributed by atoms with E-state index in [9.17, 15) is 4.79 Å². The zero-order valence-corrected chi connectivity index (χ0v) is 9.35. The van der Waals surface area contributed by atoms with Crippen LogP contribution in [0.5, 0.6) is 0 Å². The summed E-state index contributed by atoms with van der Waals surface area (Å²) >= 11 is 0. The summed E-state index contributed by atoms with van der Waals surface area (Å²) in [6.45, 7) is -0.320. The second-order valence-corrected chi connectivity index (χ2v) is 4.02. The molecule has 8 nitrogen and oxygen atoms in total. The van der Waals surface area contributed by atoms with E-state index in [4.69, 9.17) is 15.6 Å². The number of nitrogens with zero attached hydrogens (tertiary/aromatic N) is 4. The largest absolute Gasteiger partial charge is 0.393 e. The van der Waals surface area contributed by atoms with Crippen LogP contribution in [0.4, 0.5) is 5.82 Å². The third-order valence-electron chi connectivity index (χ3n) is 2.92. The maximum atomic E-state index is 11.5. The Bertz CT molecular complexity index is 611. The molecule has 8 heteroatoms. The molecule has 94 valence electrons. The van der Waals surface area contributed by atoms with Crippen LogP contribution in [0, 0.1) is 0 Å². The van der Waals surface area contributed by atoms with Crippen LogP contribution in [-0.4, -0.2) is 43.1 Å². The third-order valence-corrected chi connectivity index (χ3v) is 2.92. The van der Waals surface area contributed by atoms with E-state index in [0.717, 1.165) is 0 Å². The van der Waals surface area contributed by atoms with E-state index in [1.807, 2.05) is 0 Å². The zero-order valence-electron chi connectivity index (χ0n) is 9.35. The fraction of sp³-hybridized carbons (Fsp3) is 0.400. The van der Waals surface area contributed by atoms with E-state index >= 15 is 0 Å². The predicted molar refractivity (Wildman–Crippen MR) is 60.4 cm³/mol. The van der Waals surface area contributed by atoms with Crippen molar-refractivity contribution in [3.63, 3.8) is 0 Å². The molecule has 2 atom stereocenters. The Balaban J connectivity index is 2.01. The minimum atomic E-state index is -0.772. The summed E-state index contributed by atoms with van der Waals surface area (Å²) in [6.07, 6.45) is 1.74. The standard InChI is InChI=1S/C10H11N5O3/c11-9-8-10(13-3-12-9)15(4-14-8)7-1-5(17)6(2-16)18-7/h3-4,6-7,16H,1-2H2,(H2,11,12,13)/t6-,7-/m1/s1. The number of hydrogen-bond acceptors (Lipinski definition) is 7. The fourth-order valence-corrected chi connectivity index (χ4v) is 2.01. The molecular formula is C10H11N5O3. The molecule has 1 fully saturated rings. The lowest BCUT2D eigenvalue weighted by Gasteiger charge is -2.12. The molecule has 0 amide bonds. The molecule has 0 aromatic carbocycles. The summed E-state index contributed by atoms with van der Waals surface area (Å²) < 4.78 is 7.06. The Morgan fingerprint density at radius 2 is 2.33 bits per heavy atom. The molecule has 1 aliphatic rings. The number of carbonyl (C=O) groups excluding carboxylic acids is 1. The highest BCUT2D eigenvalue weighted by Crippen LogP contribution is 2.28. The van der Waals surface area contributed by atoms with Gasteiger partial charge in [0.25, 0.3) is 0 Å². The van der Waals surface area contributed by atoms with Gasteiger partial charge < -0.3 is 15.6 Å². The predicted octanol–water partition coefficient (Wildman–Crippen LogP) is -0.743. The molecule has 0 aliphatic carbocycles. The van der Waals surface area contributed by atoms with Crippen molar-refractivity contribution in [3.8, 4) is 0 Å². The van der Waals surface area contributed by atoms with Gasteiger partial charge in [-0.2, -0.15) is 0 Å². The number of ether oxygens (including phenoxy) is 1. The summed E-state index contributed by atoms with van der Waals surface area (Å²) in [6, 6.07) is 0. The number of rotatable bonds is 2. The van der Waals surface area contributed by atoms with E-state index in [2.05, 4.69) is 15.0 Å². The molecule has 0 bridgehead atoms. The number of nitrogen functional groups attached to an aromatic ring is 1. The van der Waals surface area contributed by atoms with Crippen LogP contribution in [0.25, 0.3) is 11.2 Å². The van der Waals surface area contributed by atoms with Gasteiger partial charge in [-0.3, -0.25) is 9.36 Å². The lowest BCUT2D eigenvalue weighted by atomic mass is 10.2. The van der Waals surface area contributed by atoms with Gasteiger partial charge in [0.1, 0.15) is 24.2 Å². The van der Waals surface area contributed by atoms with Crippen LogP contribution in [0.1, 0.15) is 12.6 Å². The van der Waals surface area contributed by atoms with Crippen molar-refractivity contribution in [2.75, 3.05) is 12.3 Å². The second kappa shape index (κ2) is 4.00. The number of carbonyl (C=O) groups is 1. The lowest BCUT2D eigenvalue weighted by Crippen LogP contribution is -2.20. The first kappa shape index (κ1) is 11.1. The summed E-state index contributed by atoms with van der Waals surface area (Å²) in [7, 11) is 0. The van der Waals surface area contributed by atoms with Crippen LogP contribution in [-0.2, 0) is 9.53 Å². The third kappa shape index (κ3) is 1.54. The summed E-state index contributed by atoms with van der Waals surface area (Å²) in [4.78, 5) is 23.6. The highest BCUT2D eigenvalue weighted by Gasteiger charge is 2.34. The number of nitrogens with two attached hydrogens (primary N) is 1. The van der Waals surface area contributed by atoms with Gasteiger partial charge in [-0.25, -0.2) is 15.0 Å². The molecule has 1 saturated heterocycles. The maximum absolute atomic E-state index is 11.5. The van der Waals surface area contributed by atoms with Gasteiger partial charge in [-0.1, -0.05) is 0 Å². The van der Waals surface area contributed by atoms with Gasteiger partial charge in [0.15, 0.2) is 17.2 Å². The molecule has 3 N–H and O–H groups in total. The van der Waals surface area contributed by atoms with E-state index in [0.29, 0.717) is 11.2 Å². The van der Waals surface area contributed by atoms with Crippen molar-refractivity contribution in [2.45, 2.75) is 18.8 Å². The van der Waals surface area contributed by atoms with Gasteiger partial charge in [0, 0.05) is 0 Å². The van der Waals surface area contributed by atoms with Gasteiger partial charge in [-0.15, -0.1) is 0 Å². The number of fused-ring (bicyclic) bond motifs is 1. The molecule has 3 heterocycles. The van der Waals surface area contributed by atoms with Crippen LogP contribution in [0.2, 0.25) is 0 Å². The molecule has 1 aliphatic heterocycles. The summed E-state index contributed by atoms with van der Waals surface area (Å²) in [5.41, 5.74) is 6.66. The van der Waals surface area contributed by atoms with Gasteiger partial charge in [0.2, 0.25) is 0 Å². The number of imidazole rings is 1. The maximum Gasteiger partial charge on any atom is 0.168 e. The molecular weight excluding hydrogens is 238 g/mol. The van der Waals surface area contributed by atoms with Crippen molar-refractivity contribution in [1.29, 1.82) is 0 Å². The molecule has 2 aromatic heterocycles. The number of aromatic nitrogens is 4. The summed E-state index contributed by atoms with van der Waals surface area (Å²) in [5.74, 6) is 0.146. The SMILES string of the molecule is Nc1ncnc2c1ncn2[C@H]1CC(=O)[C@@H](CO)O1. The van der Waals surface area contributed by atoms with Gasteiger partial charge in [0.05, 0.1) is 19.4 Å². The smallest absolute Gasteiger partial charge is 0.168 e. The highest BCUT2D eigenvalue weighted by atomic mass is 16.5. The number of anilines is 1. The average molecular weight is 249 g/mol. The molecule has 0 spiro atoms. The van der Waals surface area contributed by atoms with Crippen molar-refractivity contribution in [3.05, 3.63) is 12.7 Å². The molecule has 18 heavy (non-hydrogen) atoms. The first-order valence-electron chi connectivity index (χ1n) is 5.42. The van der Waals surface area contributed by atoms with Crippen molar-refractivity contribution >= 4 is 22.8 Å². The topological polar surface area (TPSA) is 116 Å².